The van der Waals surface area contributed by atoms with Crippen molar-refractivity contribution in [2.45, 2.75) is 81.8 Å². The molecule has 1 aromatic carbocycles. The van der Waals surface area contributed by atoms with Gasteiger partial charge in [-0.05, 0) is 75.1 Å². The van der Waals surface area contributed by atoms with Crippen LogP contribution in [0.1, 0.15) is 79.6 Å². The first-order valence-electron chi connectivity index (χ1n) is 13.2. The summed E-state index contributed by atoms with van der Waals surface area (Å²) in [6.45, 7) is 2.26. The van der Waals surface area contributed by atoms with Crippen molar-refractivity contribution in [1.29, 1.82) is 0 Å². The second kappa shape index (κ2) is 11.6. The molecule has 3 aliphatic rings. The van der Waals surface area contributed by atoms with E-state index in [0.717, 1.165) is 32.5 Å². The van der Waals surface area contributed by atoms with Gasteiger partial charge >= 0.3 is 0 Å². The first-order chi connectivity index (χ1) is 16.5. The van der Waals surface area contributed by atoms with E-state index >= 15 is 0 Å². The molecule has 0 spiro atoms. The normalized spacial score (nSPS) is 26.4. The molecule has 2 heterocycles. The predicted molar refractivity (Wildman–Crippen MR) is 134 cm³/mol. The average molecular weight is 471 g/mol. The van der Waals surface area contributed by atoms with Crippen LogP contribution in [0.15, 0.2) is 24.3 Å². The van der Waals surface area contributed by atoms with Gasteiger partial charge in [-0.2, -0.15) is 0 Å². The Morgan fingerprint density at radius 3 is 2.47 bits per heavy atom. The van der Waals surface area contributed by atoms with E-state index in [4.69, 9.17) is 5.73 Å². The van der Waals surface area contributed by atoms with Gasteiger partial charge in [-0.15, -0.1) is 0 Å². The van der Waals surface area contributed by atoms with Gasteiger partial charge in [0, 0.05) is 37.3 Å². The zero-order valence-corrected chi connectivity index (χ0v) is 20.6. The number of nitrogens with two attached hydrogens (primary N) is 1. The maximum atomic E-state index is 13.2. The molecule has 3 atom stereocenters. The minimum atomic E-state index is -0.524. The highest BCUT2D eigenvalue weighted by Crippen LogP contribution is 2.43. The number of piperidine rings is 1. The molecule has 1 aliphatic carbocycles. The number of benzene rings is 1. The molecule has 2 unspecified atom stereocenters. The molecule has 1 aromatic rings. The summed E-state index contributed by atoms with van der Waals surface area (Å²) in [6.07, 6.45) is 10.8. The third-order valence-corrected chi connectivity index (χ3v) is 8.50. The average Bonchev–Trinajstić information content (AvgIpc) is 3.09. The number of aliphatic hydroxyl groups excluding tert-OH is 1. The van der Waals surface area contributed by atoms with Gasteiger partial charge in [0.15, 0.2) is 0 Å². The smallest absolute Gasteiger partial charge is 0.248 e. The van der Waals surface area contributed by atoms with Crippen molar-refractivity contribution in [3.8, 4) is 0 Å². The summed E-state index contributed by atoms with van der Waals surface area (Å²) in [7, 11) is 1.75. The second-order valence-electron chi connectivity index (χ2n) is 10.6. The maximum absolute atomic E-state index is 13.2. The van der Waals surface area contributed by atoms with Crippen LogP contribution in [0.4, 0.5) is 0 Å². The van der Waals surface area contributed by atoms with Crippen molar-refractivity contribution >= 4 is 11.8 Å². The molecule has 2 bridgehead atoms. The van der Waals surface area contributed by atoms with Gasteiger partial charge in [0.2, 0.25) is 11.8 Å². The van der Waals surface area contributed by atoms with Crippen LogP contribution in [0.25, 0.3) is 0 Å². The fraction of sp³-hybridized carbons (Fsp3) is 0.704. The number of rotatable bonds is 10. The van der Waals surface area contributed by atoms with E-state index in [0.29, 0.717) is 29.5 Å². The molecule has 188 valence electrons. The molecular formula is C27H42N4O3. The number of nitrogens with zero attached hydrogens (tertiary/aromatic N) is 2. The van der Waals surface area contributed by atoms with E-state index in [1.54, 1.807) is 13.1 Å². The van der Waals surface area contributed by atoms with Gasteiger partial charge in [0.25, 0.3) is 0 Å². The van der Waals surface area contributed by atoms with Crippen molar-refractivity contribution in [3.63, 3.8) is 0 Å². The van der Waals surface area contributed by atoms with Gasteiger partial charge < -0.3 is 21.1 Å². The quantitative estimate of drug-likeness (QED) is 0.488. The summed E-state index contributed by atoms with van der Waals surface area (Å²) in [5, 5.41) is 12.7. The number of fused-ring (bicyclic) bond motifs is 2. The molecule has 2 amide bonds. The Labute approximate surface area is 204 Å². The molecule has 1 saturated carbocycles. The van der Waals surface area contributed by atoms with E-state index < -0.39 is 6.04 Å². The van der Waals surface area contributed by atoms with Crippen molar-refractivity contribution in [2.24, 2.45) is 11.7 Å². The molecule has 4 N–H and O–H groups in total. The molecule has 0 aromatic heterocycles. The molecule has 34 heavy (non-hydrogen) atoms. The third-order valence-electron chi connectivity index (χ3n) is 8.50. The molecule has 4 rings (SSSR count). The molecular weight excluding hydrogens is 428 g/mol. The molecule has 7 heteroatoms. The Kier molecular flexibility index (Phi) is 8.61. The zero-order chi connectivity index (χ0) is 24.1. The Bertz CT molecular complexity index is 823. The fourth-order valence-corrected chi connectivity index (χ4v) is 6.58. The number of carbonyl (C=O) groups is 2. The number of amides is 2. The number of nitrogens with one attached hydrogen (secondary N) is 1. The van der Waals surface area contributed by atoms with Crippen LogP contribution in [0, 0.1) is 5.92 Å². The van der Waals surface area contributed by atoms with E-state index in [1.165, 1.54) is 50.5 Å². The van der Waals surface area contributed by atoms with Crippen LogP contribution in [0.3, 0.4) is 0 Å². The summed E-state index contributed by atoms with van der Waals surface area (Å²) in [5.74, 6) is 0.693. The zero-order valence-electron chi connectivity index (χ0n) is 20.6. The molecule has 0 radical (unpaired) electrons. The molecule has 2 aliphatic heterocycles. The summed E-state index contributed by atoms with van der Waals surface area (Å²) in [6, 6.07) is 8.35. The Morgan fingerprint density at radius 1 is 1.15 bits per heavy atom. The number of hydrogen-bond donors (Lipinski definition) is 3. The van der Waals surface area contributed by atoms with E-state index in [1.807, 2.05) is 17.0 Å². The van der Waals surface area contributed by atoms with Crippen molar-refractivity contribution < 1.29 is 14.7 Å². The molecule has 7 nitrogen and oxygen atoms in total. The van der Waals surface area contributed by atoms with Gasteiger partial charge in [-0.3, -0.25) is 14.5 Å². The maximum Gasteiger partial charge on any atom is 0.248 e. The third kappa shape index (κ3) is 5.81. The highest BCUT2D eigenvalue weighted by Gasteiger charge is 2.41. The lowest BCUT2D eigenvalue weighted by Gasteiger charge is -2.41. The Hall–Kier alpha value is -1.96. The number of aliphatic hydroxyl groups is 1. The van der Waals surface area contributed by atoms with Gasteiger partial charge in [-0.25, -0.2) is 0 Å². The van der Waals surface area contributed by atoms with Crippen molar-refractivity contribution in [2.75, 3.05) is 33.3 Å². The highest BCUT2D eigenvalue weighted by atomic mass is 16.3. The predicted octanol–water partition coefficient (Wildman–Crippen LogP) is 2.49. The number of carbonyl (C=O) groups excluding carboxylic acids is 2. The van der Waals surface area contributed by atoms with E-state index in [-0.39, 0.29) is 18.4 Å². The van der Waals surface area contributed by atoms with Crippen molar-refractivity contribution in [3.05, 3.63) is 35.4 Å². The summed E-state index contributed by atoms with van der Waals surface area (Å²) >= 11 is 0. The largest absolute Gasteiger partial charge is 0.394 e. The lowest BCUT2D eigenvalue weighted by molar-refractivity contribution is -0.135. The number of primary amides is 1. The Balaban J connectivity index is 1.39. The SMILES string of the molecule is CN[C@@H](CO)C(=O)N(CCN1C2CCC1CC(c1cccc(C(N)=O)c1)C2)CC1CCCCC1. The number of likely N-dealkylation sites (N-methyl/N-ethyl adjacent to an activating group) is 1. The molecule has 3 fully saturated rings. The van der Waals surface area contributed by atoms with Crippen LogP contribution in [-0.4, -0.2) is 78.1 Å². The van der Waals surface area contributed by atoms with Gasteiger partial charge in [-0.1, -0.05) is 31.4 Å². The van der Waals surface area contributed by atoms with Crippen molar-refractivity contribution in [1.82, 2.24) is 15.1 Å². The molecule has 2 saturated heterocycles. The van der Waals surface area contributed by atoms with Crippen LogP contribution < -0.4 is 11.1 Å². The van der Waals surface area contributed by atoms with E-state index in [2.05, 4.69) is 16.3 Å². The standard InChI is InChI=1S/C27H42N4O3/c1-29-25(18-32)27(34)30(17-19-6-3-2-4-7-19)12-13-31-23-10-11-24(31)16-22(15-23)20-8-5-9-21(14-20)26(28)33/h5,8-9,14,19,22-25,29,32H,2-4,6-7,10-13,15-18H2,1H3,(H2,28,33)/t22?,23?,24?,25-/m0/s1. The monoisotopic (exact) mass is 470 g/mol. The minimum absolute atomic E-state index is 0.0288. The van der Waals surface area contributed by atoms with Gasteiger partial charge in [0.1, 0.15) is 6.04 Å². The van der Waals surface area contributed by atoms with Gasteiger partial charge in [0.05, 0.1) is 6.61 Å². The second-order valence-corrected chi connectivity index (χ2v) is 10.6. The topological polar surface area (TPSA) is 98.9 Å². The lowest BCUT2D eigenvalue weighted by atomic mass is 9.84. The van der Waals surface area contributed by atoms with E-state index in [9.17, 15) is 14.7 Å². The highest BCUT2D eigenvalue weighted by molar-refractivity contribution is 5.92. The summed E-state index contributed by atoms with van der Waals surface area (Å²) in [5.41, 5.74) is 7.32. The van der Waals surface area contributed by atoms with Crippen LogP contribution in [-0.2, 0) is 4.79 Å². The van der Waals surface area contributed by atoms with Crippen LogP contribution >= 0.6 is 0 Å². The van der Waals surface area contributed by atoms with Crippen LogP contribution in [0.2, 0.25) is 0 Å². The minimum Gasteiger partial charge on any atom is -0.394 e. The Morgan fingerprint density at radius 2 is 1.85 bits per heavy atom. The summed E-state index contributed by atoms with van der Waals surface area (Å²) in [4.78, 5) is 29.5. The first-order valence-corrected chi connectivity index (χ1v) is 13.2. The number of hydrogen-bond acceptors (Lipinski definition) is 5. The lowest BCUT2D eigenvalue weighted by Crippen LogP contribution is -2.52. The van der Waals surface area contributed by atoms with Crippen LogP contribution in [0.5, 0.6) is 0 Å². The summed E-state index contributed by atoms with van der Waals surface area (Å²) < 4.78 is 0. The fourth-order valence-electron chi connectivity index (χ4n) is 6.58. The first kappa shape index (κ1) is 25.1.